The third kappa shape index (κ3) is 3.50. The van der Waals surface area contributed by atoms with Crippen LogP contribution in [-0.4, -0.2) is 18.3 Å². The maximum atomic E-state index is 14.7. The molecule has 0 unspecified atom stereocenters. The van der Waals surface area contributed by atoms with Crippen molar-refractivity contribution in [2.45, 2.75) is 33.2 Å². The zero-order valence-corrected chi connectivity index (χ0v) is 17.1. The monoisotopic (exact) mass is 448 g/mol. The van der Waals surface area contributed by atoms with E-state index in [4.69, 9.17) is 0 Å². The van der Waals surface area contributed by atoms with Crippen molar-refractivity contribution in [3.63, 3.8) is 0 Å². The summed E-state index contributed by atoms with van der Waals surface area (Å²) < 4.78 is 15.8. The second kappa shape index (κ2) is 6.90. The molecule has 0 aliphatic carbocycles. The first-order valence-electron chi connectivity index (χ1n) is 8.43. The van der Waals surface area contributed by atoms with Gasteiger partial charge in [-0.25, -0.2) is 4.39 Å². The van der Waals surface area contributed by atoms with E-state index in [0.29, 0.717) is 5.56 Å². The second-order valence-corrected chi connectivity index (χ2v) is 7.99. The van der Waals surface area contributed by atoms with Crippen LogP contribution in [-0.2, 0) is 0 Å². The average molecular weight is 448 g/mol. The van der Waals surface area contributed by atoms with Gasteiger partial charge in [0.15, 0.2) is 0 Å². The summed E-state index contributed by atoms with van der Waals surface area (Å²) in [4.78, 5) is 6.71. The Morgan fingerprint density at radius 2 is 1.96 bits per heavy atom. The summed E-state index contributed by atoms with van der Waals surface area (Å²) in [7, 11) is 0. The molecule has 0 aromatic heterocycles. The van der Waals surface area contributed by atoms with Gasteiger partial charge in [0.25, 0.3) is 0 Å². The van der Waals surface area contributed by atoms with Crippen LogP contribution in [0.4, 0.5) is 15.8 Å². The Morgan fingerprint density at radius 3 is 2.64 bits per heavy atom. The van der Waals surface area contributed by atoms with Crippen LogP contribution >= 0.6 is 22.6 Å². The quantitative estimate of drug-likeness (QED) is 0.403. The fourth-order valence-electron chi connectivity index (χ4n) is 3.49. The predicted octanol–water partition coefficient (Wildman–Crippen LogP) is 6.20. The fourth-order valence-corrected chi connectivity index (χ4v) is 4.01. The van der Waals surface area contributed by atoms with Gasteiger partial charge in [0.05, 0.1) is 11.2 Å². The van der Waals surface area contributed by atoms with E-state index >= 15 is 0 Å². The number of aliphatic imine (C=N–C) groups is 1. The molecule has 1 heterocycles. The van der Waals surface area contributed by atoms with E-state index in [1.807, 2.05) is 30.3 Å². The van der Waals surface area contributed by atoms with Crippen molar-refractivity contribution in [1.29, 1.82) is 0 Å². The Hall–Kier alpha value is -1.69. The molecular formula is C21H22FIN2. The van der Waals surface area contributed by atoms with Crippen LogP contribution in [0, 0.1) is 9.39 Å². The molecule has 2 aromatic carbocycles. The molecule has 0 radical (unpaired) electrons. The molecule has 25 heavy (non-hydrogen) atoms. The summed E-state index contributed by atoms with van der Waals surface area (Å²) in [5.74, 6) is -0.239. The van der Waals surface area contributed by atoms with Gasteiger partial charge in [-0.05, 0) is 80.1 Å². The van der Waals surface area contributed by atoms with Gasteiger partial charge >= 0.3 is 0 Å². The molecule has 130 valence electrons. The first-order valence-corrected chi connectivity index (χ1v) is 9.51. The minimum absolute atomic E-state index is 0.117. The van der Waals surface area contributed by atoms with Crippen molar-refractivity contribution < 1.29 is 4.39 Å². The highest BCUT2D eigenvalue weighted by molar-refractivity contribution is 14.1. The van der Waals surface area contributed by atoms with Crippen molar-refractivity contribution in [1.82, 2.24) is 0 Å². The van der Waals surface area contributed by atoms with Crippen LogP contribution in [0.2, 0.25) is 0 Å². The number of hydrogen-bond acceptors (Lipinski definition) is 2. The van der Waals surface area contributed by atoms with Crippen LogP contribution in [0.25, 0.3) is 5.57 Å². The van der Waals surface area contributed by atoms with Gasteiger partial charge in [-0.2, -0.15) is 0 Å². The molecule has 0 N–H and O–H groups in total. The maximum absolute atomic E-state index is 14.7. The summed E-state index contributed by atoms with van der Waals surface area (Å²) in [6.07, 6.45) is 3.87. The lowest BCUT2D eigenvalue weighted by Crippen LogP contribution is -2.45. The summed E-state index contributed by atoms with van der Waals surface area (Å²) in [5, 5.41) is 0. The number of hydrogen-bond donors (Lipinski definition) is 0. The number of allylic oxidation sites excluding steroid dienone is 1. The number of benzene rings is 2. The lowest BCUT2D eigenvalue weighted by molar-refractivity contribution is 0.561. The van der Waals surface area contributed by atoms with Gasteiger partial charge in [-0.15, -0.1) is 0 Å². The highest BCUT2D eigenvalue weighted by Crippen LogP contribution is 2.39. The van der Waals surface area contributed by atoms with Gasteiger partial charge in [0, 0.05) is 33.1 Å². The second-order valence-electron chi connectivity index (χ2n) is 6.83. The number of rotatable bonds is 3. The lowest BCUT2D eigenvalue weighted by atomic mass is 9.88. The molecule has 0 saturated carbocycles. The minimum Gasteiger partial charge on any atom is -0.363 e. The van der Waals surface area contributed by atoms with Crippen molar-refractivity contribution in [2.75, 3.05) is 11.4 Å². The minimum atomic E-state index is -0.239. The predicted molar refractivity (Wildman–Crippen MR) is 114 cm³/mol. The van der Waals surface area contributed by atoms with Crippen LogP contribution in [0.5, 0.6) is 0 Å². The number of fused-ring (bicyclic) bond motifs is 1. The number of anilines is 1. The topological polar surface area (TPSA) is 15.6 Å². The van der Waals surface area contributed by atoms with E-state index in [0.717, 1.165) is 27.1 Å². The highest BCUT2D eigenvalue weighted by Gasteiger charge is 2.30. The van der Waals surface area contributed by atoms with Crippen LogP contribution in [0.3, 0.4) is 0 Å². The lowest BCUT2D eigenvalue weighted by Gasteiger charge is -2.42. The molecule has 1 aliphatic rings. The molecule has 0 bridgehead atoms. The van der Waals surface area contributed by atoms with Crippen molar-refractivity contribution in [2.24, 2.45) is 4.99 Å². The molecule has 1 aliphatic heterocycles. The van der Waals surface area contributed by atoms with E-state index in [-0.39, 0.29) is 11.4 Å². The summed E-state index contributed by atoms with van der Waals surface area (Å²) in [6.45, 7) is 9.34. The molecule has 0 fully saturated rings. The maximum Gasteiger partial charge on any atom is 0.134 e. The molecule has 3 rings (SSSR count). The largest absolute Gasteiger partial charge is 0.363 e. The standard InChI is InChI=1S/C21H22FIN2/c1-5-25-20-11-17(22)15(10-16(20)14(2)12-21(25,3)4)13-24-19-9-7-6-8-18(19)23/h6-13H,5H2,1-4H3. The molecule has 2 aromatic rings. The third-order valence-electron chi connectivity index (χ3n) is 4.61. The molecule has 4 heteroatoms. The van der Waals surface area contributed by atoms with Gasteiger partial charge in [0.1, 0.15) is 5.82 Å². The summed E-state index contributed by atoms with van der Waals surface area (Å²) >= 11 is 2.24. The van der Waals surface area contributed by atoms with E-state index in [9.17, 15) is 4.39 Å². The van der Waals surface area contributed by atoms with E-state index in [2.05, 4.69) is 66.3 Å². The Morgan fingerprint density at radius 1 is 1.24 bits per heavy atom. The molecule has 0 spiro atoms. The van der Waals surface area contributed by atoms with Gasteiger partial charge in [0.2, 0.25) is 0 Å². The van der Waals surface area contributed by atoms with E-state index < -0.39 is 0 Å². The average Bonchev–Trinajstić information content (AvgIpc) is 2.54. The van der Waals surface area contributed by atoms with Gasteiger partial charge in [-0.3, -0.25) is 4.99 Å². The number of nitrogens with zero attached hydrogens (tertiary/aromatic N) is 2. The Bertz CT molecular complexity index is 868. The first kappa shape index (κ1) is 18.1. The molecule has 0 atom stereocenters. The number of para-hydroxylation sites is 1. The SMILES string of the molecule is CCN1c2cc(F)c(C=Nc3ccccc3I)cc2C(C)=CC1(C)C. The van der Waals surface area contributed by atoms with Gasteiger partial charge in [-0.1, -0.05) is 18.2 Å². The highest BCUT2D eigenvalue weighted by atomic mass is 127. The first-order chi connectivity index (χ1) is 11.8. The number of halogens is 2. The molecule has 0 amide bonds. The normalized spacial score (nSPS) is 16.1. The molecule has 0 saturated heterocycles. The van der Waals surface area contributed by atoms with Gasteiger partial charge < -0.3 is 4.90 Å². The van der Waals surface area contributed by atoms with Crippen molar-refractivity contribution in [3.8, 4) is 0 Å². The summed E-state index contributed by atoms with van der Waals surface area (Å²) in [5.41, 5.74) is 4.45. The Labute approximate surface area is 162 Å². The third-order valence-corrected chi connectivity index (χ3v) is 5.52. The summed E-state index contributed by atoms with van der Waals surface area (Å²) in [6, 6.07) is 11.4. The Kier molecular flexibility index (Phi) is 5.00. The zero-order valence-electron chi connectivity index (χ0n) is 15.0. The Balaban J connectivity index is 2.05. The van der Waals surface area contributed by atoms with E-state index in [1.54, 1.807) is 12.3 Å². The van der Waals surface area contributed by atoms with Crippen LogP contribution < -0.4 is 4.90 Å². The molecular weight excluding hydrogens is 426 g/mol. The van der Waals surface area contributed by atoms with Crippen molar-refractivity contribution >= 4 is 45.8 Å². The zero-order chi connectivity index (χ0) is 18.2. The smallest absolute Gasteiger partial charge is 0.134 e. The van der Waals surface area contributed by atoms with Crippen LogP contribution in [0.1, 0.15) is 38.8 Å². The van der Waals surface area contributed by atoms with Crippen LogP contribution in [0.15, 0.2) is 47.5 Å². The fraction of sp³-hybridized carbons (Fsp3) is 0.286. The molecule has 2 nitrogen and oxygen atoms in total. The number of likely N-dealkylation sites (N-methyl/N-ethyl adjacent to an activating group) is 1. The van der Waals surface area contributed by atoms with Crippen molar-refractivity contribution in [3.05, 3.63) is 63.0 Å². The van der Waals surface area contributed by atoms with E-state index in [1.165, 1.54) is 5.57 Å².